The van der Waals surface area contributed by atoms with Crippen LogP contribution in [-0.2, 0) is 4.79 Å². The SMILES string of the molecule is O=C(CN1CCC[C@@H](C(F)(F)F)C1)Nc1c(F)cccc1F. The molecule has 0 bridgehead atoms. The van der Waals surface area contributed by atoms with E-state index in [1.54, 1.807) is 0 Å². The van der Waals surface area contributed by atoms with E-state index in [1.165, 1.54) is 4.90 Å². The second-order valence-corrected chi connectivity index (χ2v) is 5.26. The lowest BCUT2D eigenvalue weighted by Crippen LogP contribution is -2.44. The summed E-state index contributed by atoms with van der Waals surface area (Å²) in [6.07, 6.45) is -3.94. The van der Waals surface area contributed by atoms with Gasteiger partial charge in [0, 0.05) is 6.54 Å². The smallest absolute Gasteiger partial charge is 0.320 e. The maximum atomic E-state index is 13.4. The number of carbonyl (C=O) groups is 1. The molecule has 1 amide bonds. The highest BCUT2D eigenvalue weighted by atomic mass is 19.4. The number of rotatable bonds is 3. The summed E-state index contributed by atoms with van der Waals surface area (Å²) >= 11 is 0. The standard InChI is InChI=1S/C14H15F5N2O/c15-10-4-1-5-11(16)13(10)20-12(22)8-21-6-2-3-9(7-21)14(17,18)19/h1,4-5,9H,2-3,6-8H2,(H,20,22)/t9-/m1/s1. The molecule has 0 unspecified atom stereocenters. The lowest BCUT2D eigenvalue weighted by atomic mass is 9.97. The largest absolute Gasteiger partial charge is 0.393 e. The Kier molecular flexibility index (Phi) is 5.00. The van der Waals surface area contributed by atoms with Crippen LogP contribution < -0.4 is 5.32 Å². The van der Waals surface area contributed by atoms with Crippen molar-refractivity contribution in [1.29, 1.82) is 0 Å². The summed E-state index contributed by atoms with van der Waals surface area (Å²) in [6, 6.07) is 3.12. The maximum absolute atomic E-state index is 13.4. The molecule has 1 atom stereocenters. The molecular formula is C14H15F5N2O. The molecule has 1 aromatic carbocycles. The first-order valence-electron chi connectivity index (χ1n) is 6.80. The minimum Gasteiger partial charge on any atom is -0.320 e. The van der Waals surface area contributed by atoms with Gasteiger partial charge >= 0.3 is 6.18 Å². The Bertz CT molecular complexity index is 526. The van der Waals surface area contributed by atoms with Crippen LogP contribution in [-0.4, -0.2) is 36.6 Å². The van der Waals surface area contributed by atoms with E-state index in [1.807, 2.05) is 0 Å². The van der Waals surface area contributed by atoms with E-state index in [0.717, 1.165) is 18.2 Å². The van der Waals surface area contributed by atoms with Crippen molar-refractivity contribution in [2.75, 3.05) is 25.0 Å². The van der Waals surface area contributed by atoms with Crippen molar-refractivity contribution in [3.63, 3.8) is 0 Å². The zero-order chi connectivity index (χ0) is 16.3. The van der Waals surface area contributed by atoms with Crippen molar-refractivity contribution >= 4 is 11.6 Å². The van der Waals surface area contributed by atoms with E-state index in [0.29, 0.717) is 13.0 Å². The zero-order valence-corrected chi connectivity index (χ0v) is 11.6. The fourth-order valence-electron chi connectivity index (χ4n) is 2.47. The van der Waals surface area contributed by atoms with Crippen LogP contribution in [0.25, 0.3) is 0 Å². The molecule has 1 heterocycles. The lowest BCUT2D eigenvalue weighted by molar-refractivity contribution is -0.186. The first kappa shape index (κ1) is 16.7. The van der Waals surface area contributed by atoms with Gasteiger partial charge in [0.15, 0.2) is 0 Å². The summed E-state index contributed by atoms with van der Waals surface area (Å²) in [4.78, 5) is 13.1. The van der Waals surface area contributed by atoms with Crippen molar-refractivity contribution in [2.45, 2.75) is 19.0 Å². The molecule has 1 aromatic rings. The Balaban J connectivity index is 1.95. The Hall–Kier alpha value is -1.70. The van der Waals surface area contributed by atoms with E-state index < -0.39 is 35.3 Å². The van der Waals surface area contributed by atoms with Crippen LogP contribution in [0.1, 0.15) is 12.8 Å². The van der Waals surface area contributed by atoms with Crippen LogP contribution in [0.3, 0.4) is 0 Å². The topological polar surface area (TPSA) is 32.3 Å². The number of piperidine rings is 1. The molecule has 2 rings (SSSR count). The van der Waals surface area contributed by atoms with Crippen molar-refractivity contribution in [3.05, 3.63) is 29.8 Å². The van der Waals surface area contributed by atoms with Gasteiger partial charge in [-0.1, -0.05) is 6.07 Å². The third-order valence-corrected chi connectivity index (χ3v) is 3.56. The van der Waals surface area contributed by atoms with Crippen LogP contribution in [0.5, 0.6) is 0 Å². The summed E-state index contributed by atoms with van der Waals surface area (Å²) in [5.41, 5.74) is -0.586. The minimum atomic E-state index is -4.30. The molecule has 22 heavy (non-hydrogen) atoms. The van der Waals surface area contributed by atoms with Crippen LogP contribution >= 0.6 is 0 Å². The fraction of sp³-hybridized carbons (Fsp3) is 0.500. The van der Waals surface area contributed by atoms with Gasteiger partial charge in [0.1, 0.15) is 17.3 Å². The minimum absolute atomic E-state index is 0.0313. The average molecular weight is 322 g/mol. The number of likely N-dealkylation sites (tertiary alicyclic amines) is 1. The van der Waals surface area contributed by atoms with E-state index in [2.05, 4.69) is 5.32 Å². The number of amides is 1. The molecule has 0 aliphatic carbocycles. The van der Waals surface area contributed by atoms with Gasteiger partial charge in [-0.3, -0.25) is 9.69 Å². The highest BCUT2D eigenvalue weighted by molar-refractivity contribution is 5.92. The van der Waals surface area contributed by atoms with Gasteiger partial charge in [0.2, 0.25) is 5.91 Å². The van der Waals surface area contributed by atoms with Crippen molar-refractivity contribution < 1.29 is 26.7 Å². The second kappa shape index (κ2) is 6.60. The normalized spacial score (nSPS) is 20.0. The fourth-order valence-corrected chi connectivity index (χ4v) is 2.47. The number of hydrogen-bond donors (Lipinski definition) is 1. The van der Waals surface area contributed by atoms with Crippen molar-refractivity contribution in [3.8, 4) is 0 Å². The van der Waals surface area contributed by atoms with Crippen LogP contribution in [0, 0.1) is 17.6 Å². The summed E-state index contributed by atoms with van der Waals surface area (Å²) in [5, 5.41) is 2.07. The molecule has 1 fully saturated rings. The molecule has 1 aliphatic rings. The van der Waals surface area contributed by atoms with Crippen LogP contribution in [0.15, 0.2) is 18.2 Å². The molecule has 8 heteroatoms. The summed E-state index contributed by atoms with van der Waals surface area (Å²) in [5.74, 6) is -4.08. The van der Waals surface area contributed by atoms with E-state index in [-0.39, 0.29) is 19.5 Å². The number of nitrogens with zero attached hydrogens (tertiary/aromatic N) is 1. The summed E-state index contributed by atoms with van der Waals surface area (Å²) in [7, 11) is 0. The number of carbonyl (C=O) groups excluding carboxylic acids is 1. The zero-order valence-electron chi connectivity index (χ0n) is 11.6. The predicted molar refractivity (Wildman–Crippen MR) is 70.2 cm³/mol. The number of hydrogen-bond acceptors (Lipinski definition) is 2. The summed E-state index contributed by atoms with van der Waals surface area (Å²) in [6.45, 7) is -0.267. The molecule has 3 nitrogen and oxygen atoms in total. The van der Waals surface area contributed by atoms with Crippen molar-refractivity contribution in [1.82, 2.24) is 4.90 Å². The van der Waals surface area contributed by atoms with Gasteiger partial charge in [0.05, 0.1) is 12.5 Å². The van der Waals surface area contributed by atoms with E-state index >= 15 is 0 Å². The average Bonchev–Trinajstić information content (AvgIpc) is 2.42. The highest BCUT2D eigenvalue weighted by Crippen LogP contribution is 2.33. The summed E-state index contributed by atoms with van der Waals surface area (Å²) < 4.78 is 64.8. The predicted octanol–water partition coefficient (Wildman–Crippen LogP) is 3.18. The quantitative estimate of drug-likeness (QED) is 0.867. The first-order valence-corrected chi connectivity index (χ1v) is 6.80. The molecule has 0 aromatic heterocycles. The molecule has 0 saturated carbocycles. The molecule has 122 valence electrons. The van der Waals surface area contributed by atoms with E-state index in [9.17, 15) is 26.7 Å². The lowest BCUT2D eigenvalue weighted by Gasteiger charge is -2.33. The highest BCUT2D eigenvalue weighted by Gasteiger charge is 2.41. The molecular weight excluding hydrogens is 307 g/mol. The number of para-hydroxylation sites is 1. The third-order valence-electron chi connectivity index (χ3n) is 3.56. The molecule has 0 spiro atoms. The Morgan fingerprint density at radius 3 is 2.50 bits per heavy atom. The number of nitrogens with one attached hydrogen (secondary N) is 1. The van der Waals surface area contributed by atoms with Crippen LogP contribution in [0.4, 0.5) is 27.6 Å². The third kappa shape index (κ3) is 4.16. The van der Waals surface area contributed by atoms with Gasteiger partial charge in [-0.15, -0.1) is 0 Å². The number of alkyl halides is 3. The van der Waals surface area contributed by atoms with Crippen LogP contribution in [0.2, 0.25) is 0 Å². The Morgan fingerprint density at radius 1 is 1.27 bits per heavy atom. The van der Waals surface area contributed by atoms with Gasteiger partial charge in [-0.05, 0) is 31.5 Å². The monoisotopic (exact) mass is 322 g/mol. The molecule has 1 saturated heterocycles. The van der Waals surface area contributed by atoms with E-state index in [4.69, 9.17) is 0 Å². The number of benzene rings is 1. The van der Waals surface area contributed by atoms with Gasteiger partial charge in [0.25, 0.3) is 0 Å². The Labute approximate surface area is 124 Å². The van der Waals surface area contributed by atoms with Gasteiger partial charge < -0.3 is 5.32 Å². The molecule has 1 N–H and O–H groups in total. The van der Waals surface area contributed by atoms with Crippen molar-refractivity contribution in [2.24, 2.45) is 5.92 Å². The van der Waals surface area contributed by atoms with Gasteiger partial charge in [-0.2, -0.15) is 13.2 Å². The molecule has 0 radical (unpaired) electrons. The Morgan fingerprint density at radius 2 is 1.91 bits per heavy atom. The molecule has 1 aliphatic heterocycles. The maximum Gasteiger partial charge on any atom is 0.393 e. The number of anilines is 1. The first-order chi connectivity index (χ1) is 10.3. The number of halogens is 5. The van der Waals surface area contributed by atoms with Gasteiger partial charge in [-0.25, -0.2) is 8.78 Å². The second-order valence-electron chi connectivity index (χ2n) is 5.26.